The molecule has 0 unspecified atom stereocenters. The molecule has 1 aromatic rings. The molecule has 0 fully saturated rings. The molecule has 0 atom stereocenters. The number of unbranched alkanes of at least 4 members (excludes halogenated alkanes) is 7. The van der Waals surface area contributed by atoms with Crippen molar-refractivity contribution in [2.45, 2.75) is 57.8 Å². The van der Waals surface area contributed by atoms with E-state index in [1.54, 1.807) is 6.54 Å². The van der Waals surface area contributed by atoms with Gasteiger partial charge in [-0.05, 0) is 24.8 Å². The van der Waals surface area contributed by atoms with Crippen molar-refractivity contribution in [1.82, 2.24) is 0 Å². The summed E-state index contributed by atoms with van der Waals surface area (Å²) in [6.07, 6.45) is 11.8. The van der Waals surface area contributed by atoms with Crippen LogP contribution in [-0.4, -0.2) is 0 Å². The van der Waals surface area contributed by atoms with Gasteiger partial charge >= 0.3 is 0 Å². The van der Waals surface area contributed by atoms with E-state index < -0.39 is 0 Å². The van der Waals surface area contributed by atoms with Crippen LogP contribution in [-0.2, 0) is 6.42 Å². The van der Waals surface area contributed by atoms with Crippen molar-refractivity contribution in [2.24, 2.45) is 5.73 Å². The fourth-order valence-corrected chi connectivity index (χ4v) is 2.12. The van der Waals surface area contributed by atoms with Crippen LogP contribution in [0.25, 0.3) is 0 Å². The monoisotopic (exact) mass is 232 g/mol. The van der Waals surface area contributed by atoms with Crippen LogP contribution in [0.15, 0.2) is 30.3 Å². The summed E-state index contributed by atoms with van der Waals surface area (Å²) in [5.41, 5.74) is 6.82. The van der Waals surface area contributed by atoms with Crippen molar-refractivity contribution >= 4 is 0 Å². The number of nitrogens with two attached hydrogens (primary N) is 1. The van der Waals surface area contributed by atoms with Gasteiger partial charge in [-0.1, -0.05) is 68.9 Å². The van der Waals surface area contributed by atoms with Gasteiger partial charge in [0.1, 0.15) is 0 Å². The van der Waals surface area contributed by atoms with Crippen LogP contribution in [0.2, 0.25) is 0 Å². The average Bonchev–Trinajstić information content (AvgIpc) is 2.38. The molecule has 0 aliphatic rings. The summed E-state index contributed by atoms with van der Waals surface area (Å²) in [4.78, 5) is 0. The second-order valence-electron chi connectivity index (χ2n) is 4.73. The maximum absolute atomic E-state index is 5.34. The summed E-state index contributed by atoms with van der Waals surface area (Å²) < 4.78 is 0. The van der Waals surface area contributed by atoms with E-state index in [9.17, 15) is 0 Å². The molecule has 0 bridgehead atoms. The number of benzene rings is 1. The van der Waals surface area contributed by atoms with E-state index in [0.717, 1.165) is 6.42 Å². The Balaban J connectivity index is 1.85. The van der Waals surface area contributed by atoms with E-state index in [4.69, 9.17) is 5.73 Å². The standard InChI is InChI=1S/C16H26N/c17-15-11-6-4-2-1-3-5-8-12-16-13-9-7-10-14-16/h7,9-10,13-15H,1-6,8,11-12,17H2. The molecule has 1 heteroatoms. The van der Waals surface area contributed by atoms with Crippen molar-refractivity contribution in [3.05, 3.63) is 42.4 Å². The van der Waals surface area contributed by atoms with E-state index >= 15 is 0 Å². The first-order chi connectivity index (χ1) is 8.43. The molecule has 0 heterocycles. The first-order valence-electron chi connectivity index (χ1n) is 7.01. The van der Waals surface area contributed by atoms with E-state index in [-0.39, 0.29) is 0 Å². The normalized spacial score (nSPS) is 10.6. The van der Waals surface area contributed by atoms with Crippen molar-refractivity contribution in [1.29, 1.82) is 0 Å². The molecule has 17 heavy (non-hydrogen) atoms. The molecule has 0 saturated carbocycles. The fraction of sp³-hybridized carbons (Fsp3) is 0.562. The van der Waals surface area contributed by atoms with E-state index in [1.165, 1.54) is 56.9 Å². The summed E-state index contributed by atoms with van der Waals surface area (Å²) in [5, 5.41) is 0. The minimum absolute atomic E-state index is 1.08. The average molecular weight is 232 g/mol. The van der Waals surface area contributed by atoms with Gasteiger partial charge in [-0.15, -0.1) is 0 Å². The third kappa shape index (κ3) is 7.98. The first kappa shape index (κ1) is 14.2. The highest BCUT2D eigenvalue weighted by Gasteiger charge is 1.93. The molecular formula is C16H26N. The first-order valence-corrected chi connectivity index (χ1v) is 7.01. The molecule has 0 saturated heterocycles. The number of rotatable bonds is 10. The summed E-state index contributed by atoms with van der Waals surface area (Å²) in [5.74, 6) is 0. The predicted molar refractivity (Wildman–Crippen MR) is 75.6 cm³/mol. The second-order valence-corrected chi connectivity index (χ2v) is 4.73. The van der Waals surface area contributed by atoms with Crippen LogP contribution in [0.5, 0.6) is 0 Å². The van der Waals surface area contributed by atoms with Crippen LogP contribution in [0.3, 0.4) is 0 Å². The molecule has 0 aromatic heterocycles. The van der Waals surface area contributed by atoms with E-state index in [0.29, 0.717) is 0 Å². The largest absolute Gasteiger partial charge is 0.326 e. The van der Waals surface area contributed by atoms with Crippen molar-refractivity contribution in [2.75, 3.05) is 0 Å². The highest BCUT2D eigenvalue weighted by atomic mass is 14.5. The maximum Gasteiger partial charge on any atom is 0.0192 e. The Morgan fingerprint density at radius 3 is 2.00 bits per heavy atom. The molecule has 95 valence electrons. The Labute approximate surface area is 106 Å². The van der Waals surface area contributed by atoms with Crippen LogP contribution < -0.4 is 5.73 Å². The summed E-state index contributed by atoms with van der Waals surface area (Å²) in [7, 11) is 0. The third-order valence-electron chi connectivity index (χ3n) is 3.18. The quantitative estimate of drug-likeness (QED) is 0.592. The zero-order valence-corrected chi connectivity index (χ0v) is 10.9. The van der Waals surface area contributed by atoms with Crippen LogP contribution >= 0.6 is 0 Å². The molecule has 0 spiro atoms. The second kappa shape index (κ2) is 10.3. The van der Waals surface area contributed by atoms with Crippen molar-refractivity contribution < 1.29 is 0 Å². The highest BCUT2D eigenvalue weighted by molar-refractivity contribution is 5.14. The minimum atomic E-state index is 1.08. The Hall–Kier alpha value is -0.820. The Morgan fingerprint density at radius 1 is 0.765 bits per heavy atom. The molecule has 1 rings (SSSR count). The lowest BCUT2D eigenvalue weighted by molar-refractivity contribution is 0.577. The zero-order chi connectivity index (χ0) is 12.2. The number of hydrogen-bond donors (Lipinski definition) is 1. The Kier molecular flexibility index (Phi) is 8.66. The third-order valence-corrected chi connectivity index (χ3v) is 3.18. The molecular weight excluding hydrogens is 206 g/mol. The molecule has 2 N–H and O–H groups in total. The molecule has 0 amide bonds. The van der Waals surface area contributed by atoms with Gasteiger partial charge < -0.3 is 5.73 Å². The fourth-order valence-electron chi connectivity index (χ4n) is 2.12. The van der Waals surface area contributed by atoms with E-state index in [1.807, 2.05) is 0 Å². The molecule has 1 aromatic carbocycles. The van der Waals surface area contributed by atoms with Gasteiger partial charge in [0.25, 0.3) is 0 Å². The van der Waals surface area contributed by atoms with Gasteiger partial charge in [0.15, 0.2) is 0 Å². The van der Waals surface area contributed by atoms with Gasteiger partial charge in [0, 0.05) is 6.54 Å². The Bertz CT molecular complexity index is 255. The van der Waals surface area contributed by atoms with Gasteiger partial charge in [0.2, 0.25) is 0 Å². The lowest BCUT2D eigenvalue weighted by atomic mass is 10.0. The summed E-state index contributed by atoms with van der Waals surface area (Å²) in [6.45, 7) is 1.78. The number of hydrogen-bond acceptors (Lipinski definition) is 1. The highest BCUT2D eigenvalue weighted by Crippen LogP contribution is 2.11. The molecule has 0 aliphatic heterocycles. The van der Waals surface area contributed by atoms with Gasteiger partial charge in [0.05, 0.1) is 0 Å². The van der Waals surface area contributed by atoms with Crippen molar-refractivity contribution in [3.63, 3.8) is 0 Å². The number of aryl methyl sites for hydroxylation is 1. The van der Waals surface area contributed by atoms with Crippen LogP contribution in [0, 0.1) is 6.54 Å². The zero-order valence-electron chi connectivity index (χ0n) is 10.9. The molecule has 1 radical (unpaired) electrons. The smallest absolute Gasteiger partial charge is 0.0192 e. The van der Waals surface area contributed by atoms with Crippen molar-refractivity contribution in [3.8, 4) is 0 Å². The van der Waals surface area contributed by atoms with Crippen LogP contribution in [0.4, 0.5) is 0 Å². The maximum atomic E-state index is 5.34. The SMILES string of the molecule is N[CH]CCCCCCCCCc1ccccc1. The van der Waals surface area contributed by atoms with Gasteiger partial charge in [-0.25, -0.2) is 0 Å². The molecule has 1 nitrogen and oxygen atoms in total. The predicted octanol–water partition coefficient (Wildman–Crippen LogP) is 4.47. The lowest BCUT2D eigenvalue weighted by Gasteiger charge is -2.02. The minimum Gasteiger partial charge on any atom is -0.326 e. The molecule has 0 aliphatic carbocycles. The van der Waals surface area contributed by atoms with E-state index in [2.05, 4.69) is 30.3 Å². The van der Waals surface area contributed by atoms with Crippen LogP contribution in [0.1, 0.15) is 56.9 Å². The topological polar surface area (TPSA) is 26.0 Å². The lowest BCUT2D eigenvalue weighted by Crippen LogP contribution is -1.89. The van der Waals surface area contributed by atoms with Gasteiger partial charge in [-0.2, -0.15) is 0 Å². The van der Waals surface area contributed by atoms with Gasteiger partial charge in [-0.3, -0.25) is 0 Å². The summed E-state index contributed by atoms with van der Waals surface area (Å²) in [6, 6.07) is 10.8. The Morgan fingerprint density at radius 2 is 1.35 bits per heavy atom. The summed E-state index contributed by atoms with van der Waals surface area (Å²) >= 11 is 0.